The summed E-state index contributed by atoms with van der Waals surface area (Å²) < 4.78 is 0. The zero-order chi connectivity index (χ0) is 11.4. The normalized spacial score (nSPS) is 12.4. The van der Waals surface area contributed by atoms with E-state index in [0.29, 0.717) is 0 Å². The Hall–Kier alpha value is -1.88. The van der Waals surface area contributed by atoms with Crippen LogP contribution in [0.1, 0.15) is 18.7 Å². The highest BCUT2D eigenvalue weighted by molar-refractivity contribution is 5.55. The first kappa shape index (κ1) is 10.6. The van der Waals surface area contributed by atoms with Crippen LogP contribution >= 0.6 is 0 Å². The van der Waals surface area contributed by atoms with Crippen molar-refractivity contribution < 1.29 is 0 Å². The van der Waals surface area contributed by atoms with Crippen LogP contribution < -0.4 is 5.32 Å². The fourth-order valence-electron chi connectivity index (χ4n) is 1.42. The Kier molecular flexibility index (Phi) is 3.16. The van der Waals surface area contributed by atoms with Crippen LogP contribution in [0.25, 0.3) is 11.4 Å². The topological polar surface area (TPSA) is 63.6 Å². The molecule has 2 aromatic rings. The number of nitrogens with one attached hydrogen (secondary N) is 1. The average Bonchev–Trinajstić information content (AvgIpc) is 2.39. The van der Waals surface area contributed by atoms with E-state index in [9.17, 15) is 0 Å². The summed E-state index contributed by atoms with van der Waals surface area (Å²) in [7, 11) is 1.89. The third-order valence-electron chi connectivity index (χ3n) is 2.38. The van der Waals surface area contributed by atoms with Crippen molar-refractivity contribution in [3.63, 3.8) is 0 Å². The Balaban J connectivity index is 2.49. The molecule has 0 saturated carbocycles. The number of hydrogen-bond donors (Lipinski definition) is 1. The van der Waals surface area contributed by atoms with Crippen LogP contribution in [0.5, 0.6) is 0 Å². The van der Waals surface area contributed by atoms with E-state index in [1.54, 1.807) is 31.0 Å². The van der Waals surface area contributed by atoms with Crippen molar-refractivity contribution in [3.05, 3.63) is 36.7 Å². The molecule has 82 valence electrons. The van der Waals surface area contributed by atoms with E-state index >= 15 is 0 Å². The standard InChI is InChI=1S/C11H13N5/c1-8(12-2)10-11(16-6-5-15-10)9-7-13-3-4-14-9/h3-8,12H,1-2H3. The second-order valence-electron chi connectivity index (χ2n) is 3.39. The van der Waals surface area contributed by atoms with Gasteiger partial charge in [0.1, 0.15) is 11.4 Å². The fraction of sp³-hybridized carbons (Fsp3) is 0.273. The van der Waals surface area contributed by atoms with Gasteiger partial charge in [-0.2, -0.15) is 0 Å². The van der Waals surface area contributed by atoms with Gasteiger partial charge >= 0.3 is 0 Å². The molecule has 0 bridgehead atoms. The molecule has 0 aliphatic heterocycles. The van der Waals surface area contributed by atoms with Gasteiger partial charge in [0.25, 0.3) is 0 Å². The second-order valence-corrected chi connectivity index (χ2v) is 3.39. The van der Waals surface area contributed by atoms with Crippen LogP contribution in [0.15, 0.2) is 31.0 Å². The molecule has 2 heterocycles. The lowest BCUT2D eigenvalue weighted by Crippen LogP contribution is -2.15. The largest absolute Gasteiger partial charge is 0.312 e. The number of aromatic nitrogens is 4. The van der Waals surface area contributed by atoms with Crippen molar-refractivity contribution in [1.82, 2.24) is 25.3 Å². The average molecular weight is 215 g/mol. The first-order valence-electron chi connectivity index (χ1n) is 5.07. The molecule has 0 radical (unpaired) electrons. The van der Waals surface area contributed by atoms with Gasteiger partial charge in [0.15, 0.2) is 0 Å². The molecule has 0 spiro atoms. The molecule has 0 aliphatic carbocycles. The summed E-state index contributed by atoms with van der Waals surface area (Å²) in [5.74, 6) is 0. The molecule has 5 heteroatoms. The summed E-state index contributed by atoms with van der Waals surface area (Å²) in [6, 6.07) is 0.130. The zero-order valence-corrected chi connectivity index (χ0v) is 9.25. The molecule has 0 saturated heterocycles. The van der Waals surface area contributed by atoms with Crippen LogP contribution in [-0.2, 0) is 0 Å². The maximum Gasteiger partial charge on any atom is 0.113 e. The molecule has 5 nitrogen and oxygen atoms in total. The lowest BCUT2D eigenvalue weighted by atomic mass is 10.1. The Bertz CT molecular complexity index is 457. The van der Waals surface area contributed by atoms with Crippen LogP contribution in [0.2, 0.25) is 0 Å². The van der Waals surface area contributed by atoms with Crippen LogP contribution in [0.4, 0.5) is 0 Å². The zero-order valence-electron chi connectivity index (χ0n) is 9.25. The van der Waals surface area contributed by atoms with Gasteiger partial charge in [0.05, 0.1) is 11.9 Å². The Morgan fingerprint density at radius 3 is 2.50 bits per heavy atom. The molecular weight excluding hydrogens is 202 g/mol. The summed E-state index contributed by atoms with van der Waals surface area (Å²) in [5, 5.41) is 3.14. The summed E-state index contributed by atoms with van der Waals surface area (Å²) in [6.07, 6.45) is 8.33. The van der Waals surface area contributed by atoms with Gasteiger partial charge in [0.2, 0.25) is 0 Å². The minimum Gasteiger partial charge on any atom is -0.312 e. The number of rotatable bonds is 3. The minimum atomic E-state index is 0.130. The highest BCUT2D eigenvalue weighted by Crippen LogP contribution is 2.20. The van der Waals surface area contributed by atoms with Crippen molar-refractivity contribution >= 4 is 0 Å². The molecule has 0 amide bonds. The van der Waals surface area contributed by atoms with E-state index in [4.69, 9.17) is 0 Å². The number of hydrogen-bond acceptors (Lipinski definition) is 5. The monoisotopic (exact) mass is 215 g/mol. The Labute approximate surface area is 94.0 Å². The van der Waals surface area contributed by atoms with Crippen molar-refractivity contribution in [3.8, 4) is 11.4 Å². The van der Waals surface area contributed by atoms with Crippen LogP contribution in [-0.4, -0.2) is 27.0 Å². The predicted octanol–water partition coefficient (Wildman–Crippen LogP) is 1.21. The van der Waals surface area contributed by atoms with E-state index in [1.165, 1.54) is 0 Å². The number of nitrogens with zero attached hydrogens (tertiary/aromatic N) is 4. The SMILES string of the molecule is CNC(C)c1nccnc1-c1cnccn1. The van der Waals surface area contributed by atoms with E-state index in [2.05, 4.69) is 25.3 Å². The molecule has 1 N–H and O–H groups in total. The van der Waals surface area contributed by atoms with Gasteiger partial charge < -0.3 is 5.32 Å². The molecule has 16 heavy (non-hydrogen) atoms. The highest BCUT2D eigenvalue weighted by Gasteiger charge is 2.13. The van der Waals surface area contributed by atoms with Gasteiger partial charge in [-0.15, -0.1) is 0 Å². The van der Waals surface area contributed by atoms with Gasteiger partial charge in [0, 0.05) is 30.8 Å². The van der Waals surface area contributed by atoms with Crippen molar-refractivity contribution in [2.24, 2.45) is 0 Å². The molecule has 2 rings (SSSR count). The molecule has 0 aliphatic rings. The van der Waals surface area contributed by atoms with Crippen LogP contribution in [0.3, 0.4) is 0 Å². The predicted molar refractivity (Wildman–Crippen MR) is 60.5 cm³/mol. The van der Waals surface area contributed by atoms with Gasteiger partial charge in [-0.3, -0.25) is 19.9 Å². The third kappa shape index (κ3) is 2.04. The molecule has 1 atom stereocenters. The highest BCUT2D eigenvalue weighted by atomic mass is 14.9. The summed E-state index contributed by atoms with van der Waals surface area (Å²) in [5.41, 5.74) is 2.40. The quantitative estimate of drug-likeness (QED) is 0.833. The maximum absolute atomic E-state index is 4.33. The van der Waals surface area contributed by atoms with Gasteiger partial charge in [-0.05, 0) is 14.0 Å². The van der Waals surface area contributed by atoms with Crippen molar-refractivity contribution in [2.75, 3.05) is 7.05 Å². The Morgan fingerprint density at radius 1 is 1.06 bits per heavy atom. The van der Waals surface area contributed by atoms with E-state index in [0.717, 1.165) is 17.1 Å². The van der Waals surface area contributed by atoms with Crippen molar-refractivity contribution in [2.45, 2.75) is 13.0 Å². The van der Waals surface area contributed by atoms with E-state index in [-0.39, 0.29) is 6.04 Å². The molecule has 0 aromatic carbocycles. The molecule has 2 aromatic heterocycles. The van der Waals surface area contributed by atoms with Gasteiger partial charge in [-0.25, -0.2) is 0 Å². The Morgan fingerprint density at radius 2 is 1.81 bits per heavy atom. The smallest absolute Gasteiger partial charge is 0.113 e. The molecule has 1 unspecified atom stereocenters. The van der Waals surface area contributed by atoms with E-state index in [1.807, 2.05) is 14.0 Å². The second kappa shape index (κ2) is 4.76. The maximum atomic E-state index is 4.33. The fourth-order valence-corrected chi connectivity index (χ4v) is 1.42. The third-order valence-corrected chi connectivity index (χ3v) is 2.38. The van der Waals surface area contributed by atoms with E-state index < -0.39 is 0 Å². The first-order valence-corrected chi connectivity index (χ1v) is 5.07. The lowest BCUT2D eigenvalue weighted by molar-refractivity contribution is 0.631. The van der Waals surface area contributed by atoms with Gasteiger partial charge in [-0.1, -0.05) is 0 Å². The summed E-state index contributed by atoms with van der Waals surface area (Å²) in [6.45, 7) is 2.03. The summed E-state index contributed by atoms with van der Waals surface area (Å²) >= 11 is 0. The summed E-state index contributed by atoms with van der Waals surface area (Å²) in [4.78, 5) is 16.9. The lowest BCUT2D eigenvalue weighted by Gasteiger charge is -2.12. The van der Waals surface area contributed by atoms with Crippen LogP contribution in [0, 0.1) is 0 Å². The first-order chi connectivity index (χ1) is 7.83. The molecular formula is C11H13N5. The molecule has 0 fully saturated rings. The van der Waals surface area contributed by atoms with Crippen molar-refractivity contribution in [1.29, 1.82) is 0 Å². The minimum absolute atomic E-state index is 0.130.